The Labute approximate surface area is 131 Å². The van der Waals surface area contributed by atoms with Gasteiger partial charge >= 0.3 is 6.09 Å². The van der Waals surface area contributed by atoms with Crippen LogP contribution in [0.5, 0.6) is 0 Å². The summed E-state index contributed by atoms with van der Waals surface area (Å²) in [4.78, 5) is 41.4. The zero-order valence-corrected chi connectivity index (χ0v) is 12.3. The van der Waals surface area contributed by atoms with E-state index in [1.807, 2.05) is 24.3 Å². The second-order valence-electron chi connectivity index (χ2n) is 5.88. The standard InChI is InChI=1S/C16H15N3O4/c20-14-9-23-16(22)19(14)8-10-6-18(7-10)15(21)12-5-17-13-4-2-1-3-11(12)13/h1-5,10,17H,6-9H2. The fraction of sp³-hybridized carbons (Fsp3) is 0.312. The summed E-state index contributed by atoms with van der Waals surface area (Å²) in [5.74, 6) is -0.232. The summed E-state index contributed by atoms with van der Waals surface area (Å²) >= 11 is 0. The summed E-state index contributed by atoms with van der Waals surface area (Å²) in [6.07, 6.45) is 1.14. The lowest BCUT2D eigenvalue weighted by Gasteiger charge is -2.40. The average Bonchev–Trinajstić information content (AvgIpc) is 3.07. The van der Waals surface area contributed by atoms with Crippen molar-refractivity contribution >= 4 is 28.8 Å². The molecule has 2 saturated heterocycles. The minimum absolute atomic E-state index is 0.0333. The van der Waals surface area contributed by atoms with Gasteiger partial charge in [0, 0.05) is 42.7 Å². The maximum Gasteiger partial charge on any atom is 0.417 e. The molecule has 3 heterocycles. The number of aromatic nitrogens is 1. The van der Waals surface area contributed by atoms with Crippen LogP contribution < -0.4 is 0 Å². The van der Waals surface area contributed by atoms with Crippen molar-refractivity contribution in [2.75, 3.05) is 26.2 Å². The van der Waals surface area contributed by atoms with E-state index in [9.17, 15) is 14.4 Å². The number of hydrogen-bond donors (Lipinski definition) is 1. The van der Waals surface area contributed by atoms with Crippen molar-refractivity contribution in [3.63, 3.8) is 0 Å². The third-order valence-corrected chi connectivity index (χ3v) is 4.35. The third-order valence-electron chi connectivity index (χ3n) is 4.35. The predicted octanol–water partition coefficient (Wildman–Crippen LogP) is 1.22. The molecular weight excluding hydrogens is 298 g/mol. The van der Waals surface area contributed by atoms with E-state index in [1.54, 1.807) is 11.1 Å². The number of nitrogens with zero attached hydrogens (tertiary/aromatic N) is 2. The number of likely N-dealkylation sites (tertiary alicyclic amines) is 1. The van der Waals surface area contributed by atoms with E-state index in [0.29, 0.717) is 25.2 Å². The lowest BCUT2D eigenvalue weighted by molar-refractivity contribution is -0.126. The van der Waals surface area contributed by atoms with Gasteiger partial charge in [0.1, 0.15) is 0 Å². The first-order valence-corrected chi connectivity index (χ1v) is 7.46. The number of amides is 3. The van der Waals surface area contributed by atoms with Gasteiger partial charge in [-0.15, -0.1) is 0 Å². The van der Waals surface area contributed by atoms with Crippen LogP contribution in [0.3, 0.4) is 0 Å². The number of H-pyrrole nitrogens is 1. The summed E-state index contributed by atoms with van der Waals surface area (Å²) in [5.41, 5.74) is 1.58. The quantitative estimate of drug-likeness (QED) is 0.923. The van der Waals surface area contributed by atoms with Gasteiger partial charge in [0.15, 0.2) is 6.61 Å². The van der Waals surface area contributed by atoms with Gasteiger partial charge in [-0.2, -0.15) is 0 Å². The van der Waals surface area contributed by atoms with E-state index in [2.05, 4.69) is 9.72 Å². The molecule has 4 rings (SSSR count). The Morgan fingerprint density at radius 3 is 2.78 bits per heavy atom. The number of benzene rings is 1. The first-order chi connectivity index (χ1) is 11.1. The summed E-state index contributed by atoms with van der Waals surface area (Å²) in [7, 11) is 0. The Balaban J connectivity index is 1.41. The molecule has 7 nitrogen and oxygen atoms in total. The number of hydrogen-bond acceptors (Lipinski definition) is 4. The Morgan fingerprint density at radius 1 is 1.26 bits per heavy atom. The van der Waals surface area contributed by atoms with Crippen LogP contribution in [-0.2, 0) is 9.53 Å². The van der Waals surface area contributed by atoms with Gasteiger partial charge in [-0.3, -0.25) is 9.59 Å². The number of rotatable bonds is 3. The molecule has 0 aliphatic carbocycles. The molecule has 2 aliphatic rings. The molecule has 0 unspecified atom stereocenters. The lowest BCUT2D eigenvalue weighted by Crippen LogP contribution is -2.54. The molecule has 2 aliphatic heterocycles. The number of cyclic esters (lactones) is 1. The van der Waals surface area contributed by atoms with Crippen LogP contribution in [0.25, 0.3) is 10.9 Å². The van der Waals surface area contributed by atoms with E-state index < -0.39 is 6.09 Å². The number of para-hydroxylation sites is 1. The van der Waals surface area contributed by atoms with E-state index in [-0.39, 0.29) is 24.3 Å². The molecule has 0 saturated carbocycles. The Morgan fingerprint density at radius 2 is 2.04 bits per heavy atom. The highest BCUT2D eigenvalue weighted by Gasteiger charge is 2.38. The summed E-state index contributed by atoms with van der Waals surface area (Å²) in [6, 6.07) is 7.65. The summed E-state index contributed by atoms with van der Waals surface area (Å²) < 4.78 is 4.68. The normalized spacial score (nSPS) is 18.4. The van der Waals surface area contributed by atoms with E-state index >= 15 is 0 Å². The number of aromatic amines is 1. The van der Waals surface area contributed by atoms with Crippen LogP contribution in [0.2, 0.25) is 0 Å². The van der Waals surface area contributed by atoms with Crippen molar-refractivity contribution < 1.29 is 19.1 Å². The van der Waals surface area contributed by atoms with Gasteiger partial charge in [0.05, 0.1) is 5.56 Å². The molecule has 1 N–H and O–H groups in total. The monoisotopic (exact) mass is 313 g/mol. The summed E-state index contributed by atoms with van der Waals surface area (Å²) in [5, 5.41) is 0.902. The van der Waals surface area contributed by atoms with Gasteiger partial charge in [-0.05, 0) is 6.07 Å². The number of carbonyl (C=O) groups excluding carboxylic acids is 3. The van der Waals surface area contributed by atoms with Crippen LogP contribution >= 0.6 is 0 Å². The molecule has 23 heavy (non-hydrogen) atoms. The van der Waals surface area contributed by atoms with E-state index in [0.717, 1.165) is 15.8 Å². The molecular formula is C16H15N3O4. The first-order valence-electron chi connectivity index (χ1n) is 7.46. The number of carbonyl (C=O) groups is 3. The number of imide groups is 1. The minimum atomic E-state index is -0.587. The van der Waals surface area contributed by atoms with Gasteiger partial charge in [-0.25, -0.2) is 9.69 Å². The zero-order valence-electron chi connectivity index (χ0n) is 12.3. The van der Waals surface area contributed by atoms with Crippen LogP contribution in [0.1, 0.15) is 10.4 Å². The Hall–Kier alpha value is -2.83. The van der Waals surface area contributed by atoms with Crippen LogP contribution in [-0.4, -0.2) is 58.9 Å². The topological polar surface area (TPSA) is 82.7 Å². The highest BCUT2D eigenvalue weighted by Crippen LogP contribution is 2.25. The van der Waals surface area contributed by atoms with Crippen molar-refractivity contribution in [2.24, 2.45) is 5.92 Å². The molecule has 0 radical (unpaired) electrons. The number of nitrogens with one attached hydrogen (secondary N) is 1. The molecule has 0 bridgehead atoms. The fourth-order valence-electron chi connectivity index (χ4n) is 3.09. The maximum absolute atomic E-state index is 12.5. The molecule has 1 aromatic carbocycles. The molecule has 3 amide bonds. The average molecular weight is 313 g/mol. The van der Waals surface area contributed by atoms with Crippen LogP contribution in [0, 0.1) is 5.92 Å². The predicted molar refractivity (Wildman–Crippen MR) is 80.8 cm³/mol. The van der Waals surface area contributed by atoms with Crippen LogP contribution in [0.4, 0.5) is 4.79 Å². The zero-order chi connectivity index (χ0) is 16.0. The molecule has 1 aromatic heterocycles. The van der Waals surface area contributed by atoms with Crippen molar-refractivity contribution in [3.8, 4) is 0 Å². The highest BCUT2D eigenvalue weighted by molar-refractivity contribution is 6.07. The van der Waals surface area contributed by atoms with Crippen LogP contribution in [0.15, 0.2) is 30.5 Å². The minimum Gasteiger partial charge on any atom is -0.439 e. The van der Waals surface area contributed by atoms with Gasteiger partial charge in [0.25, 0.3) is 11.8 Å². The van der Waals surface area contributed by atoms with E-state index in [1.165, 1.54) is 0 Å². The van der Waals surface area contributed by atoms with Gasteiger partial charge in [-0.1, -0.05) is 18.2 Å². The van der Waals surface area contributed by atoms with Crippen molar-refractivity contribution in [1.82, 2.24) is 14.8 Å². The SMILES string of the molecule is O=C(c1c[nH]c2ccccc12)N1CC(CN2C(=O)COC2=O)C1. The van der Waals surface area contributed by atoms with Gasteiger partial charge in [0.2, 0.25) is 0 Å². The van der Waals surface area contributed by atoms with Crippen molar-refractivity contribution in [3.05, 3.63) is 36.0 Å². The summed E-state index contributed by atoms with van der Waals surface area (Å²) in [6.45, 7) is 1.21. The largest absolute Gasteiger partial charge is 0.439 e. The van der Waals surface area contributed by atoms with Crippen molar-refractivity contribution in [2.45, 2.75) is 0 Å². The van der Waals surface area contributed by atoms with E-state index in [4.69, 9.17) is 0 Å². The number of ether oxygens (including phenoxy) is 1. The smallest absolute Gasteiger partial charge is 0.417 e. The molecule has 7 heteroatoms. The Bertz CT molecular complexity index is 791. The fourth-order valence-corrected chi connectivity index (χ4v) is 3.09. The molecule has 118 valence electrons. The molecule has 0 spiro atoms. The van der Waals surface area contributed by atoms with Gasteiger partial charge < -0.3 is 14.6 Å². The second-order valence-corrected chi connectivity index (χ2v) is 5.88. The highest BCUT2D eigenvalue weighted by atomic mass is 16.6. The Kier molecular flexibility index (Phi) is 3.07. The molecule has 2 aromatic rings. The lowest BCUT2D eigenvalue weighted by atomic mass is 9.98. The second kappa shape index (κ2) is 5.12. The molecule has 0 atom stereocenters. The molecule has 2 fully saturated rings. The maximum atomic E-state index is 12.5. The van der Waals surface area contributed by atoms with Crippen molar-refractivity contribution in [1.29, 1.82) is 0 Å². The first kappa shape index (κ1) is 13.8. The number of fused-ring (bicyclic) bond motifs is 1. The third kappa shape index (κ3) is 2.25.